The molecular weight excluding hydrogens is 491 g/mol. The molecule has 2 aliphatic heterocycles. The normalized spacial score (nSPS) is 18.9. The number of halogens is 3. The monoisotopic (exact) mass is 523 g/mol. The lowest BCUT2D eigenvalue weighted by atomic mass is 9.88. The summed E-state index contributed by atoms with van der Waals surface area (Å²) < 4.78 is 41.2. The van der Waals surface area contributed by atoms with Gasteiger partial charge in [0.15, 0.2) is 5.78 Å². The maximum atomic E-state index is 13.7. The minimum Gasteiger partial charge on any atom is -0.364 e. The van der Waals surface area contributed by atoms with E-state index in [1.807, 2.05) is 19.2 Å². The number of Topliss-reactive ketones (excluding diaryl/α,β-unsaturated/α-hetero) is 1. The van der Waals surface area contributed by atoms with Gasteiger partial charge in [0.05, 0.1) is 23.6 Å². The second kappa shape index (κ2) is 10.8. The Morgan fingerprint density at radius 2 is 1.71 bits per heavy atom. The minimum absolute atomic E-state index is 0.0791. The number of likely N-dealkylation sites (N-methyl/N-ethyl adjacent to an activating group) is 1. The van der Waals surface area contributed by atoms with Gasteiger partial charge in [0, 0.05) is 57.8 Å². The maximum Gasteiger partial charge on any atom is 0.416 e. The van der Waals surface area contributed by atoms with Gasteiger partial charge in [-0.1, -0.05) is 25.1 Å². The SMILES string of the molecule is C[C@@H]1CN(c2cncnc2)Cc2cc(C(=O)Cc3cc(CN4CCN(C)CC4)cc(C(F)(F)F)c3)ccc21. The Balaban J connectivity index is 1.36. The number of benzene rings is 2. The summed E-state index contributed by atoms with van der Waals surface area (Å²) in [7, 11) is 2.04. The molecule has 0 bridgehead atoms. The highest BCUT2D eigenvalue weighted by molar-refractivity contribution is 5.97. The van der Waals surface area contributed by atoms with Crippen LogP contribution in [0.2, 0.25) is 0 Å². The summed E-state index contributed by atoms with van der Waals surface area (Å²) in [5.41, 5.74) is 3.93. The average molecular weight is 524 g/mol. The van der Waals surface area contributed by atoms with Gasteiger partial charge in [-0.05, 0) is 53.4 Å². The molecule has 9 heteroatoms. The van der Waals surface area contributed by atoms with Crippen LogP contribution >= 0.6 is 0 Å². The zero-order valence-electron chi connectivity index (χ0n) is 21.7. The van der Waals surface area contributed by atoms with Crippen LogP contribution in [0.1, 0.15) is 51.0 Å². The first kappa shape index (κ1) is 26.3. The third-order valence-corrected chi connectivity index (χ3v) is 7.51. The number of hydrogen-bond acceptors (Lipinski definition) is 6. The Kier molecular flexibility index (Phi) is 7.49. The number of nitrogens with zero attached hydrogens (tertiary/aromatic N) is 5. The Hall–Kier alpha value is -3.30. The van der Waals surface area contributed by atoms with Gasteiger partial charge >= 0.3 is 6.18 Å². The van der Waals surface area contributed by atoms with Gasteiger partial charge in [-0.15, -0.1) is 0 Å². The Morgan fingerprint density at radius 1 is 1.00 bits per heavy atom. The second-order valence-electron chi connectivity index (χ2n) is 10.5. The van der Waals surface area contributed by atoms with Gasteiger partial charge in [0.1, 0.15) is 6.33 Å². The van der Waals surface area contributed by atoms with E-state index >= 15 is 0 Å². The molecule has 2 aliphatic rings. The molecule has 5 rings (SSSR count). The van der Waals surface area contributed by atoms with Crippen molar-refractivity contribution in [2.24, 2.45) is 0 Å². The molecule has 0 radical (unpaired) electrons. The van der Waals surface area contributed by atoms with Crippen molar-refractivity contribution < 1.29 is 18.0 Å². The number of fused-ring (bicyclic) bond motifs is 1. The summed E-state index contributed by atoms with van der Waals surface area (Å²) in [6, 6.07) is 9.76. The molecule has 1 saturated heterocycles. The number of alkyl halides is 3. The first-order valence-electron chi connectivity index (χ1n) is 12.9. The quantitative estimate of drug-likeness (QED) is 0.433. The van der Waals surface area contributed by atoms with Crippen molar-refractivity contribution in [3.63, 3.8) is 0 Å². The Bertz CT molecular complexity index is 1290. The smallest absolute Gasteiger partial charge is 0.364 e. The van der Waals surface area contributed by atoms with Crippen LogP contribution in [-0.4, -0.2) is 65.3 Å². The van der Waals surface area contributed by atoms with Gasteiger partial charge in [0.2, 0.25) is 0 Å². The maximum absolute atomic E-state index is 13.7. The van der Waals surface area contributed by atoms with E-state index in [2.05, 4.69) is 31.6 Å². The van der Waals surface area contributed by atoms with E-state index in [0.717, 1.165) is 50.0 Å². The van der Waals surface area contributed by atoms with Gasteiger partial charge in [-0.3, -0.25) is 9.69 Å². The van der Waals surface area contributed by atoms with Crippen LogP contribution in [0, 0.1) is 0 Å². The van der Waals surface area contributed by atoms with Crippen molar-refractivity contribution in [3.05, 3.63) is 88.5 Å². The number of carbonyl (C=O) groups excluding carboxylic acids is 1. The Labute approximate surface area is 221 Å². The standard InChI is InChI=1S/C29H32F3N5O/c1-20-16-37(26-14-33-19-34-15-26)18-24-13-23(3-4-27(20)24)28(38)12-21-9-22(11-25(10-21)29(30,31)32)17-36-7-5-35(2)6-8-36/h3-4,9-11,13-15,19-20H,5-8,12,16-18H2,1-2H3/t20-/m1/s1. The van der Waals surface area contributed by atoms with E-state index in [-0.39, 0.29) is 18.1 Å². The highest BCUT2D eigenvalue weighted by atomic mass is 19.4. The van der Waals surface area contributed by atoms with E-state index in [1.54, 1.807) is 24.5 Å². The van der Waals surface area contributed by atoms with Gasteiger partial charge in [0.25, 0.3) is 0 Å². The molecule has 0 unspecified atom stereocenters. The average Bonchev–Trinajstić information content (AvgIpc) is 2.89. The molecule has 3 aromatic rings. The lowest BCUT2D eigenvalue weighted by molar-refractivity contribution is -0.137. The van der Waals surface area contributed by atoms with E-state index in [9.17, 15) is 18.0 Å². The third-order valence-electron chi connectivity index (χ3n) is 7.51. The van der Waals surface area contributed by atoms with Crippen LogP contribution in [0.4, 0.5) is 18.9 Å². The molecule has 6 nitrogen and oxygen atoms in total. The van der Waals surface area contributed by atoms with Gasteiger partial charge in [-0.25, -0.2) is 9.97 Å². The number of aromatic nitrogens is 2. The highest BCUT2D eigenvalue weighted by Gasteiger charge is 2.32. The van der Waals surface area contributed by atoms with Gasteiger partial charge in [-0.2, -0.15) is 13.2 Å². The van der Waals surface area contributed by atoms with Crippen LogP contribution in [0.25, 0.3) is 0 Å². The molecule has 2 aromatic carbocycles. The van der Waals surface area contributed by atoms with E-state index < -0.39 is 11.7 Å². The fourth-order valence-corrected chi connectivity index (χ4v) is 5.42. The van der Waals surface area contributed by atoms with E-state index in [1.165, 1.54) is 18.0 Å². The first-order chi connectivity index (χ1) is 18.2. The largest absolute Gasteiger partial charge is 0.416 e. The highest BCUT2D eigenvalue weighted by Crippen LogP contribution is 2.33. The number of ketones is 1. The lowest BCUT2D eigenvalue weighted by Crippen LogP contribution is -2.43. The summed E-state index contributed by atoms with van der Waals surface area (Å²) in [5, 5.41) is 0. The molecule has 1 atom stereocenters. The molecule has 1 aromatic heterocycles. The molecule has 0 N–H and O–H groups in total. The predicted molar refractivity (Wildman–Crippen MR) is 140 cm³/mol. The summed E-state index contributed by atoms with van der Waals surface area (Å²) in [5.74, 6) is 0.0641. The summed E-state index contributed by atoms with van der Waals surface area (Å²) >= 11 is 0. The number of anilines is 1. The summed E-state index contributed by atoms with van der Waals surface area (Å²) in [6.45, 7) is 7.39. The third kappa shape index (κ3) is 6.05. The number of carbonyl (C=O) groups is 1. The lowest BCUT2D eigenvalue weighted by Gasteiger charge is -2.34. The number of hydrogen-bond donors (Lipinski definition) is 0. The molecule has 0 saturated carbocycles. The van der Waals surface area contributed by atoms with E-state index in [4.69, 9.17) is 0 Å². The molecule has 0 amide bonds. The Morgan fingerprint density at radius 3 is 2.42 bits per heavy atom. The predicted octanol–water partition coefficient (Wildman–Crippen LogP) is 4.79. The summed E-state index contributed by atoms with van der Waals surface area (Å²) in [4.78, 5) is 28.1. The first-order valence-corrected chi connectivity index (χ1v) is 12.9. The van der Waals surface area contributed by atoms with Crippen molar-refractivity contribution in [2.45, 2.75) is 38.5 Å². The number of rotatable bonds is 6. The minimum atomic E-state index is -4.47. The van der Waals surface area contributed by atoms with Crippen LogP contribution < -0.4 is 4.90 Å². The van der Waals surface area contributed by atoms with Crippen LogP contribution in [0.3, 0.4) is 0 Å². The van der Waals surface area contributed by atoms with Crippen LogP contribution in [0.15, 0.2) is 55.1 Å². The molecule has 38 heavy (non-hydrogen) atoms. The molecule has 0 aliphatic carbocycles. The zero-order valence-corrected chi connectivity index (χ0v) is 21.7. The van der Waals surface area contributed by atoms with Gasteiger partial charge < -0.3 is 9.80 Å². The van der Waals surface area contributed by atoms with Crippen molar-refractivity contribution in [1.29, 1.82) is 0 Å². The molecule has 3 heterocycles. The van der Waals surface area contributed by atoms with Crippen molar-refractivity contribution in [3.8, 4) is 0 Å². The van der Waals surface area contributed by atoms with Crippen molar-refractivity contribution in [2.75, 3.05) is 44.7 Å². The van der Waals surface area contributed by atoms with Crippen LogP contribution in [-0.2, 0) is 25.7 Å². The molecular formula is C29H32F3N5O. The molecule has 0 spiro atoms. The summed E-state index contributed by atoms with van der Waals surface area (Å²) in [6.07, 6.45) is 0.485. The van der Waals surface area contributed by atoms with Crippen LogP contribution in [0.5, 0.6) is 0 Å². The van der Waals surface area contributed by atoms with Crippen molar-refractivity contribution in [1.82, 2.24) is 19.8 Å². The molecule has 1 fully saturated rings. The number of piperazine rings is 1. The fraction of sp³-hybridized carbons (Fsp3) is 0.414. The molecule has 200 valence electrons. The fourth-order valence-electron chi connectivity index (χ4n) is 5.42. The van der Waals surface area contributed by atoms with E-state index in [0.29, 0.717) is 29.8 Å². The van der Waals surface area contributed by atoms with Crippen molar-refractivity contribution >= 4 is 11.5 Å². The zero-order chi connectivity index (χ0) is 26.9. The second-order valence-corrected chi connectivity index (χ2v) is 10.5. The topological polar surface area (TPSA) is 52.6 Å².